The van der Waals surface area contributed by atoms with Gasteiger partial charge in [0.15, 0.2) is 0 Å². The fraction of sp³-hybridized carbons (Fsp3) is 0.623. The minimum atomic E-state index is -1.56. The van der Waals surface area contributed by atoms with E-state index in [4.69, 9.17) is 35.7 Å². The summed E-state index contributed by atoms with van der Waals surface area (Å²) in [6.45, 7) is 16.3. The SMILES string of the molecule is C.C.C.C.C.C.C.C.C.C#CCC(=O)CC(C)(C#N)CC(C)(N=[N+]=[N-])C(=O)NCC(C)O.C#CCC(=O)CC(C)(C#N)CC(C)(SC(=S)c1ccccc1)C(=O)NCC(C)O.C=C(C)C(=O)NCC(C)O. The number of nitrogens with zero attached hydrogens (tertiary/aromatic N) is 5. The Hall–Kier alpha value is -5.56. The first kappa shape index (κ1) is 91.7. The number of terminal acetylenes is 2. The van der Waals surface area contributed by atoms with Crippen LogP contribution < -0.4 is 16.0 Å². The molecule has 0 radical (unpaired) electrons. The van der Waals surface area contributed by atoms with E-state index in [0.29, 0.717) is 9.77 Å². The largest absolute Gasteiger partial charge is 0.392 e. The van der Waals surface area contributed by atoms with E-state index in [1.165, 1.54) is 32.5 Å². The van der Waals surface area contributed by atoms with Crippen LogP contribution >= 0.6 is 24.0 Å². The molecule has 71 heavy (non-hydrogen) atoms. The highest BCUT2D eigenvalue weighted by Gasteiger charge is 2.44. The zero-order chi connectivity index (χ0) is 48.3. The average Bonchev–Trinajstić information content (AvgIpc) is 3.18. The normalized spacial score (nSPS) is 13.5. The summed E-state index contributed by atoms with van der Waals surface area (Å²) in [5, 5.41) is 57.8. The quantitative estimate of drug-likeness (QED) is 0.0158. The van der Waals surface area contributed by atoms with Gasteiger partial charge >= 0.3 is 0 Å². The minimum absolute atomic E-state index is 0. The van der Waals surface area contributed by atoms with E-state index in [2.05, 4.69) is 50.5 Å². The number of aliphatic hydroxyl groups is 3. The predicted octanol–water partition coefficient (Wildman–Crippen LogP) is 10.5. The minimum Gasteiger partial charge on any atom is -0.392 e. The van der Waals surface area contributed by atoms with Crippen LogP contribution in [0.4, 0.5) is 0 Å². The van der Waals surface area contributed by atoms with Crippen molar-refractivity contribution in [3.63, 3.8) is 0 Å². The standard InChI is InChI=1S/C22H26N2O3S2.C15H21N5O3.C7H13NO2.9CH4/c1-5-9-18(26)12-21(3,15-23)14-22(4,20(27)24-13-16(2)25)29-19(28)17-10-7-6-8-11-17;1-5-6-12(22)7-14(3,10-16)9-15(4,19-20-17)13(23)18-8-11(2)21;1-5(2)7(10)8-4-6(3)9;;;;;;;;;/h1,6-8,10-11,16,25H,9,12-14H2,2-4H3,(H,24,27);1,11,21H,6-9H2,2-4H3,(H,18,23);6,9H,1,4H2,2-3H3,(H,8,10);9*1H4. The Morgan fingerprint density at radius 2 is 1.10 bits per heavy atom. The van der Waals surface area contributed by atoms with Gasteiger partial charge in [0.1, 0.15) is 17.1 Å². The summed E-state index contributed by atoms with van der Waals surface area (Å²) in [6, 6.07) is 13.5. The van der Waals surface area contributed by atoms with Crippen LogP contribution in [0.5, 0.6) is 0 Å². The molecule has 0 saturated carbocycles. The van der Waals surface area contributed by atoms with Crippen LogP contribution in [0, 0.1) is 58.2 Å². The maximum Gasteiger partial charge on any atom is 0.246 e. The average molecular weight is 1040 g/mol. The highest BCUT2D eigenvalue weighted by molar-refractivity contribution is 8.25. The van der Waals surface area contributed by atoms with Crippen LogP contribution in [0.1, 0.15) is 166 Å². The number of azide groups is 1. The molecule has 0 aliphatic carbocycles. The molecule has 0 spiro atoms. The van der Waals surface area contributed by atoms with Crippen LogP contribution in [0.15, 0.2) is 47.6 Å². The van der Waals surface area contributed by atoms with Crippen LogP contribution in [0.25, 0.3) is 10.4 Å². The van der Waals surface area contributed by atoms with Crippen LogP contribution in [-0.2, 0) is 24.0 Å². The Morgan fingerprint density at radius 3 is 1.44 bits per heavy atom. The number of nitrogens with one attached hydrogen (secondary N) is 3. The van der Waals surface area contributed by atoms with Gasteiger partial charge in [0.2, 0.25) is 17.7 Å². The van der Waals surface area contributed by atoms with E-state index in [9.17, 15) is 44.7 Å². The third-order valence-corrected chi connectivity index (χ3v) is 10.1. The molecule has 18 heteroatoms. The molecule has 16 nitrogen and oxygen atoms in total. The first-order valence-corrected chi connectivity index (χ1v) is 20.6. The van der Waals surface area contributed by atoms with Gasteiger partial charge in [-0.05, 0) is 79.3 Å². The number of amides is 3. The molecule has 1 rings (SSSR count). The molecule has 7 atom stereocenters. The number of ketones is 2. The number of aliphatic hydroxyl groups excluding tert-OH is 3. The number of nitriles is 2. The van der Waals surface area contributed by atoms with E-state index in [1.807, 2.05) is 36.4 Å². The van der Waals surface area contributed by atoms with Crippen molar-refractivity contribution in [1.82, 2.24) is 16.0 Å². The van der Waals surface area contributed by atoms with Crippen LogP contribution in [-0.4, -0.2) is 97.0 Å². The molecule has 0 saturated heterocycles. The molecule has 408 valence electrons. The molecule has 7 unspecified atom stereocenters. The molecular formula is C53H96N8O8S2. The Balaban J connectivity index is -0.0000000864. The lowest BCUT2D eigenvalue weighted by Crippen LogP contribution is -2.47. The highest BCUT2D eigenvalue weighted by atomic mass is 32.2. The van der Waals surface area contributed by atoms with Gasteiger partial charge < -0.3 is 31.3 Å². The summed E-state index contributed by atoms with van der Waals surface area (Å²) in [7, 11) is 0. The smallest absolute Gasteiger partial charge is 0.246 e. The van der Waals surface area contributed by atoms with E-state index in [-0.39, 0.29) is 148 Å². The second-order valence-corrected chi connectivity index (χ2v) is 18.0. The summed E-state index contributed by atoms with van der Waals surface area (Å²) < 4.78 is -0.613. The molecule has 3 amide bonds. The van der Waals surface area contributed by atoms with Gasteiger partial charge in [-0.15, -0.1) is 12.8 Å². The Kier molecular flexibility index (Phi) is 58.8. The van der Waals surface area contributed by atoms with Crippen molar-refractivity contribution in [3.8, 4) is 36.8 Å². The molecule has 0 bridgehead atoms. The third-order valence-electron chi connectivity index (χ3n) is 8.40. The topological polar surface area (TPSA) is 278 Å². The van der Waals surface area contributed by atoms with Gasteiger partial charge in [0.25, 0.3) is 0 Å². The number of thiocarbonyl (C=S) groups is 1. The number of rotatable bonds is 22. The summed E-state index contributed by atoms with van der Waals surface area (Å²) in [5.74, 6) is 2.79. The van der Waals surface area contributed by atoms with Gasteiger partial charge in [-0.3, -0.25) is 24.0 Å². The molecule has 1 aromatic carbocycles. The molecule has 6 N–H and O–H groups in total. The number of benzene rings is 1. The van der Waals surface area contributed by atoms with Crippen LogP contribution in [0.2, 0.25) is 0 Å². The molecule has 0 aliphatic heterocycles. The van der Waals surface area contributed by atoms with Gasteiger partial charge in [0.05, 0.1) is 63.1 Å². The summed E-state index contributed by atoms with van der Waals surface area (Å²) >= 11 is 6.71. The van der Waals surface area contributed by atoms with E-state index >= 15 is 0 Å². The lowest BCUT2D eigenvalue weighted by molar-refractivity contribution is -0.128. The third kappa shape index (κ3) is 38.8. The highest BCUT2D eigenvalue weighted by Crippen LogP contribution is 2.42. The first-order valence-electron chi connectivity index (χ1n) is 19.3. The fourth-order valence-electron chi connectivity index (χ4n) is 5.52. The van der Waals surface area contributed by atoms with Gasteiger partial charge in [-0.2, -0.15) is 10.5 Å². The lowest BCUT2D eigenvalue weighted by atomic mass is 9.75. The van der Waals surface area contributed by atoms with Crippen LogP contribution in [0.3, 0.4) is 0 Å². The maximum atomic E-state index is 13.0. The number of thioether (sulfide) groups is 1. The Bertz CT molecular complexity index is 1950. The van der Waals surface area contributed by atoms with Gasteiger partial charge in [0, 0.05) is 43.0 Å². The van der Waals surface area contributed by atoms with Crippen molar-refractivity contribution in [2.45, 2.75) is 189 Å². The number of carbonyl (C=O) groups excluding carboxylic acids is 5. The summed E-state index contributed by atoms with van der Waals surface area (Å²) in [6.07, 6.45) is 7.88. The van der Waals surface area contributed by atoms with Crippen molar-refractivity contribution >= 4 is 57.5 Å². The molecule has 1 aromatic rings. The number of Topliss-reactive ketones (excluding diaryl/α,β-unsaturated/α-hetero) is 2. The van der Waals surface area contributed by atoms with E-state index < -0.39 is 45.3 Å². The number of carbonyl (C=O) groups is 5. The first-order chi connectivity index (χ1) is 28.7. The monoisotopic (exact) mass is 1040 g/mol. The Morgan fingerprint density at radius 1 is 0.732 bits per heavy atom. The van der Waals surface area contributed by atoms with Crippen molar-refractivity contribution in [3.05, 3.63) is 58.5 Å². The summed E-state index contributed by atoms with van der Waals surface area (Å²) in [5.41, 5.74) is 6.10. The summed E-state index contributed by atoms with van der Waals surface area (Å²) in [4.78, 5) is 62.4. The number of hydrogen-bond donors (Lipinski definition) is 6. The van der Waals surface area contributed by atoms with Crippen molar-refractivity contribution in [1.29, 1.82) is 10.5 Å². The van der Waals surface area contributed by atoms with Crippen molar-refractivity contribution in [2.24, 2.45) is 15.9 Å². The van der Waals surface area contributed by atoms with E-state index in [1.54, 1.807) is 34.6 Å². The Labute approximate surface area is 441 Å². The van der Waals surface area contributed by atoms with Gasteiger partial charge in [-0.25, -0.2) is 0 Å². The zero-order valence-corrected chi connectivity index (χ0v) is 38.4. The molecule has 0 aromatic heterocycles. The van der Waals surface area contributed by atoms with E-state index in [0.717, 1.165) is 5.56 Å². The fourth-order valence-corrected chi connectivity index (χ4v) is 7.43. The number of hydrogen-bond acceptors (Lipinski definition) is 13. The second-order valence-electron chi connectivity index (χ2n) is 15.8. The van der Waals surface area contributed by atoms with Crippen molar-refractivity contribution < 1.29 is 39.3 Å². The lowest BCUT2D eigenvalue weighted by Gasteiger charge is -2.34. The zero-order valence-electron chi connectivity index (χ0n) is 36.8. The van der Waals surface area contributed by atoms with Crippen molar-refractivity contribution in [2.75, 3.05) is 19.6 Å². The second kappa shape index (κ2) is 45.6. The molecule has 0 aliphatic rings. The predicted molar refractivity (Wildman–Crippen MR) is 304 cm³/mol. The molecule has 0 fully saturated rings. The maximum absolute atomic E-state index is 13.0. The molecular weight excluding hydrogens is 941 g/mol. The molecule has 0 heterocycles. The van der Waals surface area contributed by atoms with Gasteiger partial charge in [-0.1, -0.05) is 145 Å².